The molecule has 0 aliphatic heterocycles. The molecule has 0 saturated heterocycles. The zero-order valence-electron chi connectivity index (χ0n) is 10.4. The van der Waals surface area contributed by atoms with Crippen molar-refractivity contribution < 1.29 is 29.3 Å². The number of esters is 1. The molecule has 2 unspecified atom stereocenters. The Hall–Kier alpha value is -1.59. The lowest BCUT2D eigenvalue weighted by Gasteiger charge is -2.26. The average molecular weight is 246 g/mol. The quantitative estimate of drug-likeness (QED) is 0.678. The zero-order chi connectivity index (χ0) is 13.8. The molecule has 0 heterocycles. The molecule has 0 aliphatic carbocycles. The summed E-state index contributed by atoms with van der Waals surface area (Å²) in [6.07, 6.45) is -0.0809. The van der Waals surface area contributed by atoms with Crippen molar-refractivity contribution in [1.29, 1.82) is 0 Å². The molecule has 0 aromatic carbocycles. The van der Waals surface area contributed by atoms with Gasteiger partial charge in [0, 0.05) is 0 Å². The van der Waals surface area contributed by atoms with E-state index in [9.17, 15) is 14.4 Å². The smallest absolute Gasteiger partial charge is 0.311 e. The van der Waals surface area contributed by atoms with E-state index in [1.54, 1.807) is 0 Å². The van der Waals surface area contributed by atoms with Gasteiger partial charge < -0.3 is 14.9 Å². The number of rotatable bonds is 6. The predicted octanol–water partition coefficient (Wildman–Crippen LogP) is 0.997. The first kappa shape index (κ1) is 15.4. The number of methoxy groups -OCH3 is 1. The van der Waals surface area contributed by atoms with Crippen LogP contribution in [0.2, 0.25) is 0 Å². The van der Waals surface area contributed by atoms with Crippen LogP contribution in [0.25, 0.3) is 0 Å². The van der Waals surface area contributed by atoms with Crippen LogP contribution in [-0.2, 0) is 19.1 Å². The van der Waals surface area contributed by atoms with E-state index in [-0.39, 0.29) is 6.42 Å². The van der Waals surface area contributed by atoms with E-state index in [0.29, 0.717) is 0 Å². The highest BCUT2D eigenvalue weighted by Crippen LogP contribution is 2.31. The van der Waals surface area contributed by atoms with Crippen molar-refractivity contribution in [3.8, 4) is 0 Å². The molecule has 0 aromatic heterocycles. The molecule has 2 atom stereocenters. The Bertz CT molecular complexity index is 320. The standard InChI is InChI=1S/C11H18O6/c1-6(8(12)13)7(9(14)15)5-11(2,3)10(16)17-4/h6-7H,5H2,1-4H3,(H,12,13)(H,14,15). The van der Waals surface area contributed by atoms with Gasteiger partial charge in [0.05, 0.1) is 24.4 Å². The molecule has 0 aromatic rings. The van der Waals surface area contributed by atoms with Gasteiger partial charge in [0.1, 0.15) is 0 Å². The van der Waals surface area contributed by atoms with E-state index >= 15 is 0 Å². The van der Waals surface area contributed by atoms with Gasteiger partial charge in [-0.05, 0) is 20.3 Å². The summed E-state index contributed by atoms with van der Waals surface area (Å²) in [7, 11) is 1.21. The van der Waals surface area contributed by atoms with E-state index in [1.165, 1.54) is 27.9 Å². The van der Waals surface area contributed by atoms with Crippen molar-refractivity contribution in [3.05, 3.63) is 0 Å². The molecular formula is C11H18O6. The predicted molar refractivity (Wildman–Crippen MR) is 58.3 cm³/mol. The Morgan fingerprint density at radius 3 is 1.94 bits per heavy atom. The SMILES string of the molecule is COC(=O)C(C)(C)CC(C(=O)O)C(C)C(=O)O. The maximum atomic E-state index is 11.4. The molecule has 6 heteroatoms. The Kier molecular flexibility index (Phi) is 5.12. The molecule has 0 spiro atoms. The third kappa shape index (κ3) is 4.05. The largest absolute Gasteiger partial charge is 0.481 e. The van der Waals surface area contributed by atoms with Crippen LogP contribution in [0, 0.1) is 17.3 Å². The van der Waals surface area contributed by atoms with Crippen LogP contribution in [0.3, 0.4) is 0 Å². The third-order valence-corrected chi connectivity index (χ3v) is 2.78. The first-order chi connectivity index (χ1) is 7.63. The average Bonchev–Trinajstić information content (AvgIpc) is 2.23. The minimum absolute atomic E-state index is 0.0809. The van der Waals surface area contributed by atoms with Gasteiger partial charge in [-0.1, -0.05) is 6.92 Å². The second-order valence-electron chi connectivity index (χ2n) is 4.65. The van der Waals surface area contributed by atoms with Crippen molar-refractivity contribution in [3.63, 3.8) is 0 Å². The summed E-state index contributed by atoms with van der Waals surface area (Å²) in [5.41, 5.74) is -1.03. The van der Waals surface area contributed by atoms with Crippen LogP contribution in [0.5, 0.6) is 0 Å². The first-order valence-electron chi connectivity index (χ1n) is 5.17. The molecule has 98 valence electrons. The van der Waals surface area contributed by atoms with Gasteiger partial charge in [0.25, 0.3) is 0 Å². The monoisotopic (exact) mass is 246 g/mol. The molecule has 0 rings (SSSR count). The summed E-state index contributed by atoms with van der Waals surface area (Å²) < 4.78 is 4.56. The van der Waals surface area contributed by atoms with E-state index < -0.39 is 35.2 Å². The number of carbonyl (C=O) groups is 3. The molecular weight excluding hydrogens is 228 g/mol. The molecule has 0 bridgehead atoms. The van der Waals surface area contributed by atoms with Gasteiger partial charge in [0.15, 0.2) is 0 Å². The number of hydrogen-bond donors (Lipinski definition) is 2. The van der Waals surface area contributed by atoms with Crippen molar-refractivity contribution in [1.82, 2.24) is 0 Å². The number of ether oxygens (including phenoxy) is 1. The summed E-state index contributed by atoms with van der Waals surface area (Å²) >= 11 is 0. The fraction of sp³-hybridized carbons (Fsp3) is 0.727. The van der Waals surface area contributed by atoms with Crippen LogP contribution >= 0.6 is 0 Å². The lowest BCUT2D eigenvalue weighted by Crippen LogP contribution is -2.36. The maximum absolute atomic E-state index is 11.4. The highest BCUT2D eigenvalue weighted by atomic mass is 16.5. The highest BCUT2D eigenvalue weighted by molar-refractivity contribution is 5.81. The third-order valence-electron chi connectivity index (χ3n) is 2.78. The van der Waals surface area contributed by atoms with E-state index in [0.717, 1.165) is 0 Å². The second kappa shape index (κ2) is 5.65. The molecule has 2 N–H and O–H groups in total. The Morgan fingerprint density at radius 2 is 1.65 bits per heavy atom. The van der Waals surface area contributed by atoms with Gasteiger partial charge in [-0.15, -0.1) is 0 Å². The molecule has 0 aliphatic rings. The molecule has 17 heavy (non-hydrogen) atoms. The normalized spacial score (nSPS) is 14.8. The maximum Gasteiger partial charge on any atom is 0.311 e. The minimum atomic E-state index is -1.23. The number of carboxylic acids is 2. The summed E-state index contributed by atoms with van der Waals surface area (Å²) in [5, 5.41) is 17.8. The van der Waals surface area contributed by atoms with E-state index in [4.69, 9.17) is 10.2 Å². The molecule has 0 radical (unpaired) electrons. The summed E-state index contributed by atoms with van der Waals surface area (Å²) in [5.74, 6) is -5.16. The Morgan fingerprint density at radius 1 is 1.18 bits per heavy atom. The van der Waals surface area contributed by atoms with Crippen LogP contribution in [0.15, 0.2) is 0 Å². The Labute approximate surface area is 99.6 Å². The summed E-state index contributed by atoms with van der Waals surface area (Å²) in [6, 6.07) is 0. The fourth-order valence-corrected chi connectivity index (χ4v) is 1.56. The van der Waals surface area contributed by atoms with Gasteiger partial charge in [-0.25, -0.2) is 0 Å². The topological polar surface area (TPSA) is 101 Å². The lowest BCUT2D eigenvalue weighted by atomic mass is 9.78. The lowest BCUT2D eigenvalue weighted by molar-refractivity contribution is -0.159. The van der Waals surface area contributed by atoms with Crippen molar-refractivity contribution >= 4 is 17.9 Å². The molecule has 0 amide bonds. The highest BCUT2D eigenvalue weighted by Gasteiger charge is 2.39. The van der Waals surface area contributed by atoms with Crippen molar-refractivity contribution in [2.75, 3.05) is 7.11 Å². The molecule has 0 fully saturated rings. The first-order valence-corrected chi connectivity index (χ1v) is 5.17. The summed E-state index contributed by atoms with van der Waals surface area (Å²) in [4.78, 5) is 33.2. The minimum Gasteiger partial charge on any atom is -0.481 e. The Balaban J connectivity index is 4.95. The number of carbonyl (C=O) groups excluding carboxylic acids is 1. The van der Waals surface area contributed by atoms with Gasteiger partial charge in [-0.2, -0.15) is 0 Å². The number of aliphatic carboxylic acids is 2. The number of carboxylic acid groups (broad SMARTS) is 2. The van der Waals surface area contributed by atoms with Crippen LogP contribution < -0.4 is 0 Å². The second-order valence-corrected chi connectivity index (χ2v) is 4.65. The van der Waals surface area contributed by atoms with Gasteiger partial charge in [-0.3, -0.25) is 14.4 Å². The van der Waals surface area contributed by atoms with Crippen molar-refractivity contribution in [2.45, 2.75) is 27.2 Å². The molecule has 0 saturated carbocycles. The van der Waals surface area contributed by atoms with Gasteiger partial charge in [0.2, 0.25) is 0 Å². The summed E-state index contributed by atoms with van der Waals surface area (Å²) in [6.45, 7) is 4.38. The van der Waals surface area contributed by atoms with Crippen LogP contribution in [-0.4, -0.2) is 35.2 Å². The van der Waals surface area contributed by atoms with Crippen molar-refractivity contribution in [2.24, 2.45) is 17.3 Å². The number of hydrogen-bond acceptors (Lipinski definition) is 4. The van der Waals surface area contributed by atoms with Gasteiger partial charge >= 0.3 is 17.9 Å². The molecule has 6 nitrogen and oxygen atoms in total. The van der Waals surface area contributed by atoms with E-state index in [1.807, 2.05) is 0 Å². The fourth-order valence-electron chi connectivity index (χ4n) is 1.56. The zero-order valence-corrected chi connectivity index (χ0v) is 10.4. The van der Waals surface area contributed by atoms with Crippen LogP contribution in [0.4, 0.5) is 0 Å². The van der Waals surface area contributed by atoms with E-state index in [2.05, 4.69) is 4.74 Å². The van der Waals surface area contributed by atoms with Crippen LogP contribution in [0.1, 0.15) is 27.2 Å².